The lowest BCUT2D eigenvalue weighted by atomic mass is 10.3. The summed E-state index contributed by atoms with van der Waals surface area (Å²) in [6, 6.07) is 5.82. The molecule has 1 heterocycles. The van der Waals surface area contributed by atoms with Gasteiger partial charge >= 0.3 is 0 Å². The van der Waals surface area contributed by atoms with Crippen LogP contribution in [0.3, 0.4) is 0 Å². The Hall–Kier alpha value is -2.06. The van der Waals surface area contributed by atoms with Gasteiger partial charge in [0.25, 0.3) is 5.91 Å². The Morgan fingerprint density at radius 2 is 2.10 bits per heavy atom. The van der Waals surface area contributed by atoms with Crippen molar-refractivity contribution in [2.24, 2.45) is 5.73 Å². The molecule has 1 aromatic carbocycles. The molecule has 0 aliphatic rings. The van der Waals surface area contributed by atoms with Gasteiger partial charge in [0, 0.05) is 10.6 Å². The fourth-order valence-corrected chi connectivity index (χ4v) is 3.07. The average Bonchev–Trinajstić information content (AvgIpc) is 2.86. The van der Waals surface area contributed by atoms with E-state index in [-0.39, 0.29) is 17.2 Å². The van der Waals surface area contributed by atoms with Gasteiger partial charge in [-0.1, -0.05) is 0 Å². The van der Waals surface area contributed by atoms with E-state index in [2.05, 4.69) is 5.32 Å². The van der Waals surface area contributed by atoms with Crippen LogP contribution >= 0.6 is 23.1 Å². The highest BCUT2D eigenvalue weighted by Gasteiger charge is 2.13. The molecule has 0 bridgehead atoms. The fourth-order valence-electron chi connectivity index (χ4n) is 1.54. The highest BCUT2D eigenvalue weighted by molar-refractivity contribution is 8.00. The molecule has 21 heavy (non-hydrogen) atoms. The van der Waals surface area contributed by atoms with Gasteiger partial charge in [0.15, 0.2) is 0 Å². The molecule has 0 saturated heterocycles. The third kappa shape index (κ3) is 3.96. The van der Waals surface area contributed by atoms with E-state index in [0.29, 0.717) is 15.6 Å². The molecule has 0 radical (unpaired) electrons. The van der Waals surface area contributed by atoms with Crippen molar-refractivity contribution >= 4 is 45.6 Å². The summed E-state index contributed by atoms with van der Waals surface area (Å²) >= 11 is 2.25. The van der Waals surface area contributed by atoms with Crippen LogP contribution in [-0.4, -0.2) is 17.6 Å². The molecule has 8 heteroatoms. The van der Waals surface area contributed by atoms with Crippen molar-refractivity contribution in [1.82, 2.24) is 0 Å². The van der Waals surface area contributed by atoms with Crippen LogP contribution in [0, 0.1) is 5.82 Å². The van der Waals surface area contributed by atoms with Crippen LogP contribution in [0.25, 0.3) is 0 Å². The molecule has 5 N–H and O–H groups in total. The number of benzene rings is 1. The second kappa shape index (κ2) is 6.59. The van der Waals surface area contributed by atoms with Gasteiger partial charge in [-0.3, -0.25) is 9.59 Å². The molecule has 5 nitrogen and oxygen atoms in total. The highest BCUT2D eigenvalue weighted by Crippen LogP contribution is 2.25. The summed E-state index contributed by atoms with van der Waals surface area (Å²) in [7, 11) is 0. The number of thiophene rings is 1. The lowest BCUT2D eigenvalue weighted by molar-refractivity contribution is -0.113. The first-order valence-electron chi connectivity index (χ1n) is 5.82. The zero-order chi connectivity index (χ0) is 15.4. The van der Waals surface area contributed by atoms with E-state index in [0.717, 1.165) is 11.8 Å². The number of carbonyl (C=O) groups excluding carboxylic acids is 2. The molecular weight excluding hydrogens is 313 g/mol. The lowest BCUT2D eigenvalue weighted by Crippen LogP contribution is -2.17. The van der Waals surface area contributed by atoms with Crippen molar-refractivity contribution in [3.63, 3.8) is 0 Å². The van der Waals surface area contributed by atoms with Crippen molar-refractivity contribution in [3.8, 4) is 0 Å². The maximum atomic E-state index is 13.6. The monoisotopic (exact) mass is 325 g/mol. The predicted molar refractivity (Wildman–Crippen MR) is 83.0 cm³/mol. The molecule has 0 fully saturated rings. The molecule has 1 aromatic heterocycles. The number of nitrogens with one attached hydrogen (secondary N) is 1. The Bertz CT molecular complexity index is 688. The van der Waals surface area contributed by atoms with Crippen molar-refractivity contribution in [1.29, 1.82) is 0 Å². The van der Waals surface area contributed by atoms with Gasteiger partial charge < -0.3 is 16.8 Å². The van der Waals surface area contributed by atoms with Gasteiger partial charge in [-0.05, 0) is 29.6 Å². The molecule has 0 atom stereocenters. The molecule has 0 unspecified atom stereocenters. The molecule has 0 aliphatic heterocycles. The number of thioether (sulfide) groups is 1. The standard InChI is InChI=1S/C13H12FN3O2S2/c14-9-5-7(15)1-2-10(9)21-6-11(18)17-13-8(12(16)19)3-4-20-13/h1-5H,6,15H2,(H2,16,19)(H,17,18). The Balaban J connectivity index is 1.96. The lowest BCUT2D eigenvalue weighted by Gasteiger charge is -2.06. The van der Waals surface area contributed by atoms with Crippen LogP contribution in [-0.2, 0) is 4.79 Å². The summed E-state index contributed by atoms with van der Waals surface area (Å²) in [5, 5.41) is 4.63. The topological polar surface area (TPSA) is 98.2 Å². The van der Waals surface area contributed by atoms with Crippen LogP contribution in [0.4, 0.5) is 15.1 Å². The quantitative estimate of drug-likeness (QED) is 0.580. The van der Waals surface area contributed by atoms with Crippen molar-refractivity contribution < 1.29 is 14.0 Å². The van der Waals surface area contributed by atoms with Crippen LogP contribution in [0.15, 0.2) is 34.5 Å². The van der Waals surface area contributed by atoms with Crippen molar-refractivity contribution in [2.75, 3.05) is 16.8 Å². The predicted octanol–water partition coefficient (Wildman–Crippen LogP) is 2.30. The molecule has 0 aliphatic carbocycles. The molecule has 2 rings (SSSR count). The minimum atomic E-state index is -0.608. The Morgan fingerprint density at radius 1 is 1.33 bits per heavy atom. The smallest absolute Gasteiger partial charge is 0.251 e. The van der Waals surface area contributed by atoms with Crippen LogP contribution in [0.5, 0.6) is 0 Å². The Labute approximate surface area is 128 Å². The largest absolute Gasteiger partial charge is 0.399 e. The summed E-state index contributed by atoms with van der Waals surface area (Å²) in [5.41, 5.74) is 11.2. The van der Waals surface area contributed by atoms with Crippen molar-refractivity contribution in [2.45, 2.75) is 4.90 Å². The number of nitrogens with two attached hydrogens (primary N) is 2. The van der Waals surface area contributed by atoms with Crippen molar-refractivity contribution in [3.05, 3.63) is 41.0 Å². The first-order chi connectivity index (χ1) is 9.97. The van der Waals surface area contributed by atoms with Crippen LogP contribution in [0.2, 0.25) is 0 Å². The zero-order valence-corrected chi connectivity index (χ0v) is 12.4. The fraction of sp³-hybridized carbons (Fsp3) is 0.0769. The molecular formula is C13H12FN3O2S2. The number of hydrogen-bond donors (Lipinski definition) is 3. The number of anilines is 2. The van der Waals surface area contributed by atoms with E-state index in [4.69, 9.17) is 11.5 Å². The SMILES string of the molecule is NC(=O)c1ccsc1NC(=O)CSc1ccc(N)cc1F. The first-order valence-corrected chi connectivity index (χ1v) is 7.69. The maximum absolute atomic E-state index is 13.6. The summed E-state index contributed by atoms with van der Waals surface area (Å²) in [6.07, 6.45) is 0. The number of primary amides is 1. The third-order valence-electron chi connectivity index (χ3n) is 2.50. The van der Waals surface area contributed by atoms with Crippen LogP contribution < -0.4 is 16.8 Å². The van der Waals surface area contributed by atoms with Gasteiger partial charge in [-0.2, -0.15) is 0 Å². The third-order valence-corrected chi connectivity index (χ3v) is 4.38. The Morgan fingerprint density at radius 3 is 2.76 bits per heavy atom. The molecule has 0 saturated carbocycles. The van der Waals surface area contributed by atoms with E-state index in [1.165, 1.54) is 29.5 Å². The van der Waals surface area contributed by atoms with Gasteiger partial charge in [0.2, 0.25) is 5.91 Å². The van der Waals surface area contributed by atoms with E-state index in [1.54, 1.807) is 11.4 Å². The summed E-state index contributed by atoms with van der Waals surface area (Å²) in [4.78, 5) is 23.3. The average molecular weight is 325 g/mol. The van der Waals surface area contributed by atoms with Gasteiger partial charge in [0.05, 0.1) is 11.3 Å². The molecule has 2 amide bonds. The Kier molecular flexibility index (Phi) is 4.81. The number of amides is 2. The molecule has 110 valence electrons. The van der Waals surface area contributed by atoms with E-state index < -0.39 is 11.7 Å². The number of carbonyl (C=O) groups is 2. The zero-order valence-electron chi connectivity index (χ0n) is 10.8. The molecule has 0 spiro atoms. The van der Waals surface area contributed by atoms with E-state index >= 15 is 0 Å². The van der Waals surface area contributed by atoms with E-state index in [1.807, 2.05) is 0 Å². The van der Waals surface area contributed by atoms with Gasteiger partial charge in [-0.15, -0.1) is 23.1 Å². The summed E-state index contributed by atoms with van der Waals surface area (Å²) < 4.78 is 13.6. The highest BCUT2D eigenvalue weighted by atomic mass is 32.2. The second-order valence-electron chi connectivity index (χ2n) is 4.05. The number of rotatable bonds is 5. The number of halogens is 1. The first kappa shape index (κ1) is 15.3. The summed E-state index contributed by atoms with van der Waals surface area (Å²) in [6.45, 7) is 0. The molecule has 2 aromatic rings. The van der Waals surface area contributed by atoms with Crippen LogP contribution in [0.1, 0.15) is 10.4 Å². The van der Waals surface area contributed by atoms with Gasteiger partial charge in [0.1, 0.15) is 10.8 Å². The number of nitrogen functional groups attached to an aromatic ring is 1. The van der Waals surface area contributed by atoms with Gasteiger partial charge in [-0.25, -0.2) is 4.39 Å². The van der Waals surface area contributed by atoms with E-state index in [9.17, 15) is 14.0 Å². The summed E-state index contributed by atoms with van der Waals surface area (Å²) in [5.74, 6) is -1.41. The minimum absolute atomic E-state index is 0.0109. The number of hydrogen-bond acceptors (Lipinski definition) is 5. The second-order valence-corrected chi connectivity index (χ2v) is 5.99. The minimum Gasteiger partial charge on any atom is -0.399 e. The maximum Gasteiger partial charge on any atom is 0.251 e. The normalized spacial score (nSPS) is 10.3.